The lowest BCUT2D eigenvalue weighted by Gasteiger charge is -2.37. The molecule has 1 aliphatic heterocycles. The van der Waals surface area contributed by atoms with Gasteiger partial charge in [-0.3, -0.25) is 4.90 Å². The fourth-order valence-corrected chi connectivity index (χ4v) is 3.02. The predicted octanol–water partition coefficient (Wildman–Crippen LogP) is 2.09. The van der Waals surface area contributed by atoms with E-state index in [2.05, 4.69) is 15.1 Å². The molecule has 1 aromatic carbocycles. The lowest BCUT2D eigenvalue weighted by molar-refractivity contribution is 0.102. The first-order valence-electron chi connectivity index (χ1n) is 7.35. The molecule has 21 heavy (non-hydrogen) atoms. The Balaban J connectivity index is 1.84. The molecule has 0 aliphatic carbocycles. The van der Waals surface area contributed by atoms with Crippen molar-refractivity contribution in [3.05, 3.63) is 28.2 Å². The van der Waals surface area contributed by atoms with E-state index in [4.69, 9.17) is 23.2 Å². The molecular weight excluding hydrogens is 309 g/mol. The minimum absolute atomic E-state index is 0.265. The third-order valence-corrected chi connectivity index (χ3v) is 4.65. The number of nitrogens with one attached hydrogen (secondary N) is 1. The summed E-state index contributed by atoms with van der Waals surface area (Å²) >= 11 is 12.3. The van der Waals surface area contributed by atoms with E-state index < -0.39 is 0 Å². The molecule has 0 spiro atoms. The van der Waals surface area contributed by atoms with Crippen LogP contribution in [0.1, 0.15) is 6.42 Å². The van der Waals surface area contributed by atoms with E-state index in [1.165, 1.54) is 0 Å². The number of nitrogens with zero attached hydrogens (tertiary/aromatic N) is 2. The summed E-state index contributed by atoms with van der Waals surface area (Å²) < 4.78 is 0. The van der Waals surface area contributed by atoms with Crippen molar-refractivity contribution < 1.29 is 5.11 Å². The van der Waals surface area contributed by atoms with Gasteiger partial charge in [-0.1, -0.05) is 29.3 Å². The molecule has 1 fully saturated rings. The number of aliphatic hydroxyl groups is 1. The Kier molecular flexibility index (Phi) is 6.58. The van der Waals surface area contributed by atoms with Gasteiger partial charge in [0.15, 0.2) is 0 Å². The molecule has 2 rings (SSSR count). The summed E-state index contributed by atoms with van der Waals surface area (Å²) in [4.78, 5) is 4.56. The van der Waals surface area contributed by atoms with Gasteiger partial charge >= 0.3 is 0 Å². The number of hydrogen-bond acceptors (Lipinski definition) is 4. The molecule has 0 radical (unpaired) electrons. The third-order valence-electron chi connectivity index (χ3n) is 3.84. The zero-order valence-corrected chi connectivity index (χ0v) is 13.9. The third kappa shape index (κ3) is 4.73. The van der Waals surface area contributed by atoms with Crippen LogP contribution in [-0.4, -0.2) is 62.4 Å². The Morgan fingerprint density at radius 1 is 1.24 bits per heavy atom. The zero-order valence-electron chi connectivity index (χ0n) is 12.4. The van der Waals surface area contributed by atoms with Crippen molar-refractivity contribution in [2.75, 3.05) is 51.2 Å². The van der Waals surface area contributed by atoms with Crippen LogP contribution < -0.4 is 10.2 Å². The lowest BCUT2D eigenvalue weighted by Crippen LogP contribution is -2.48. The first kappa shape index (κ1) is 16.8. The van der Waals surface area contributed by atoms with Gasteiger partial charge in [0.2, 0.25) is 0 Å². The number of halogens is 2. The van der Waals surface area contributed by atoms with Gasteiger partial charge in [-0.25, -0.2) is 0 Å². The molecule has 1 aliphatic rings. The summed E-state index contributed by atoms with van der Waals surface area (Å²) in [6.45, 7) is 5.24. The summed E-state index contributed by atoms with van der Waals surface area (Å²) in [5.41, 5.74) is 1.000. The topological polar surface area (TPSA) is 38.7 Å². The lowest BCUT2D eigenvalue weighted by atomic mass is 10.2. The summed E-state index contributed by atoms with van der Waals surface area (Å²) in [5, 5.41) is 14.2. The van der Waals surface area contributed by atoms with Gasteiger partial charge in [0, 0.05) is 32.7 Å². The molecule has 118 valence electrons. The molecule has 1 unspecified atom stereocenters. The van der Waals surface area contributed by atoms with Crippen LogP contribution in [0.4, 0.5) is 5.69 Å². The molecule has 1 saturated heterocycles. The molecule has 4 nitrogen and oxygen atoms in total. The molecule has 1 aromatic rings. The quantitative estimate of drug-likeness (QED) is 0.837. The van der Waals surface area contributed by atoms with Crippen LogP contribution >= 0.6 is 23.2 Å². The first-order chi connectivity index (χ1) is 10.1. The van der Waals surface area contributed by atoms with Crippen molar-refractivity contribution in [1.82, 2.24) is 10.2 Å². The van der Waals surface area contributed by atoms with E-state index in [-0.39, 0.29) is 6.10 Å². The van der Waals surface area contributed by atoms with Gasteiger partial charge in [0.05, 0.1) is 21.8 Å². The fourth-order valence-electron chi connectivity index (χ4n) is 2.61. The number of β-amino-alcohol motifs (C(OH)–C–C–N with tert-alkyl or cyclic N) is 1. The van der Waals surface area contributed by atoms with Crippen LogP contribution in [0.5, 0.6) is 0 Å². The Bertz CT molecular complexity index is 451. The second-order valence-electron chi connectivity index (χ2n) is 5.41. The number of benzene rings is 1. The van der Waals surface area contributed by atoms with Crippen molar-refractivity contribution >= 4 is 28.9 Å². The number of rotatable bonds is 6. The summed E-state index contributed by atoms with van der Waals surface area (Å²) in [6, 6.07) is 5.74. The Hall–Kier alpha value is -0.520. The fraction of sp³-hybridized carbons (Fsp3) is 0.600. The molecule has 0 aromatic heterocycles. The molecule has 2 N–H and O–H groups in total. The SMILES string of the molecule is CNCCC(O)CN1CCN(c2cccc(Cl)c2Cl)CC1. The largest absolute Gasteiger partial charge is 0.392 e. The monoisotopic (exact) mass is 331 g/mol. The van der Waals surface area contributed by atoms with Gasteiger partial charge in [0.1, 0.15) is 0 Å². The maximum atomic E-state index is 9.96. The number of aliphatic hydroxyl groups excluding tert-OH is 1. The predicted molar refractivity (Wildman–Crippen MR) is 89.7 cm³/mol. The number of piperazine rings is 1. The second kappa shape index (κ2) is 8.20. The van der Waals surface area contributed by atoms with E-state index in [0.717, 1.165) is 51.4 Å². The van der Waals surface area contributed by atoms with Gasteiger partial charge in [-0.2, -0.15) is 0 Å². The molecule has 0 amide bonds. The summed E-state index contributed by atoms with van der Waals surface area (Å²) in [5.74, 6) is 0. The van der Waals surface area contributed by atoms with E-state index in [1.807, 2.05) is 25.2 Å². The van der Waals surface area contributed by atoms with E-state index >= 15 is 0 Å². The van der Waals surface area contributed by atoms with Gasteiger partial charge < -0.3 is 15.3 Å². The molecular formula is C15H23Cl2N3O. The highest BCUT2D eigenvalue weighted by atomic mass is 35.5. The highest BCUT2D eigenvalue weighted by Gasteiger charge is 2.21. The molecule has 1 heterocycles. The molecule has 6 heteroatoms. The first-order valence-corrected chi connectivity index (χ1v) is 8.11. The second-order valence-corrected chi connectivity index (χ2v) is 6.19. The van der Waals surface area contributed by atoms with Crippen LogP contribution in [0.3, 0.4) is 0 Å². The van der Waals surface area contributed by atoms with Crippen molar-refractivity contribution in [3.8, 4) is 0 Å². The standard InChI is InChI=1S/C15H23Cl2N3O/c1-18-6-5-12(21)11-19-7-9-20(10-8-19)14-4-2-3-13(16)15(14)17/h2-4,12,18,21H,5-11H2,1H3. The van der Waals surface area contributed by atoms with Crippen LogP contribution in [0, 0.1) is 0 Å². The van der Waals surface area contributed by atoms with Crippen LogP contribution in [0.2, 0.25) is 10.0 Å². The summed E-state index contributed by atoms with van der Waals surface area (Å²) in [7, 11) is 1.90. The smallest absolute Gasteiger partial charge is 0.0825 e. The van der Waals surface area contributed by atoms with Gasteiger partial charge in [-0.05, 0) is 32.1 Å². The number of anilines is 1. The van der Waals surface area contributed by atoms with Crippen LogP contribution in [0.25, 0.3) is 0 Å². The average Bonchev–Trinajstić information content (AvgIpc) is 2.49. The highest BCUT2D eigenvalue weighted by molar-refractivity contribution is 6.43. The van der Waals surface area contributed by atoms with Crippen LogP contribution in [-0.2, 0) is 0 Å². The zero-order chi connectivity index (χ0) is 15.2. The molecule has 1 atom stereocenters. The Morgan fingerprint density at radius 2 is 1.95 bits per heavy atom. The van der Waals surface area contributed by atoms with Gasteiger partial charge in [0.25, 0.3) is 0 Å². The van der Waals surface area contributed by atoms with Crippen molar-refractivity contribution in [3.63, 3.8) is 0 Å². The maximum absolute atomic E-state index is 9.96. The molecule has 0 saturated carbocycles. The summed E-state index contributed by atoms with van der Waals surface area (Å²) in [6.07, 6.45) is 0.523. The van der Waals surface area contributed by atoms with Crippen molar-refractivity contribution in [2.24, 2.45) is 0 Å². The Labute approximate surface area is 136 Å². The average molecular weight is 332 g/mol. The highest BCUT2D eigenvalue weighted by Crippen LogP contribution is 2.32. The molecule has 0 bridgehead atoms. The van der Waals surface area contributed by atoms with Crippen molar-refractivity contribution in [2.45, 2.75) is 12.5 Å². The minimum atomic E-state index is -0.265. The van der Waals surface area contributed by atoms with Gasteiger partial charge in [-0.15, -0.1) is 0 Å². The minimum Gasteiger partial charge on any atom is -0.392 e. The Morgan fingerprint density at radius 3 is 2.62 bits per heavy atom. The van der Waals surface area contributed by atoms with Crippen molar-refractivity contribution in [1.29, 1.82) is 0 Å². The normalized spacial score (nSPS) is 18.0. The maximum Gasteiger partial charge on any atom is 0.0825 e. The number of hydrogen-bond donors (Lipinski definition) is 2. The van der Waals surface area contributed by atoms with E-state index in [0.29, 0.717) is 10.0 Å². The van der Waals surface area contributed by atoms with Crippen LogP contribution in [0.15, 0.2) is 18.2 Å². The van der Waals surface area contributed by atoms with E-state index in [1.54, 1.807) is 0 Å². The van der Waals surface area contributed by atoms with E-state index in [9.17, 15) is 5.11 Å².